The predicted molar refractivity (Wildman–Crippen MR) is 109 cm³/mol. The lowest BCUT2D eigenvalue weighted by Crippen LogP contribution is -1.89. The van der Waals surface area contributed by atoms with E-state index in [2.05, 4.69) is 63.2 Å². The summed E-state index contributed by atoms with van der Waals surface area (Å²) >= 11 is 0. The quantitative estimate of drug-likeness (QED) is 0.317. The van der Waals surface area contributed by atoms with Crippen LogP contribution < -0.4 is 0 Å². The maximum atomic E-state index is 2.35. The topological polar surface area (TPSA) is 0 Å². The molecule has 0 saturated heterocycles. The van der Waals surface area contributed by atoms with Crippen molar-refractivity contribution >= 4 is 10.8 Å². The molecule has 0 spiro atoms. The van der Waals surface area contributed by atoms with Gasteiger partial charge in [-0.1, -0.05) is 81.3 Å². The van der Waals surface area contributed by atoms with Crippen LogP contribution >= 0.6 is 0 Å². The molecule has 0 bridgehead atoms. The average molecular weight is 319 g/mol. The fourth-order valence-corrected chi connectivity index (χ4v) is 3.50. The highest BCUT2D eigenvalue weighted by Gasteiger charge is 2.22. The fourth-order valence-electron chi connectivity index (χ4n) is 3.50. The van der Waals surface area contributed by atoms with Crippen LogP contribution in [0.5, 0.6) is 0 Å². The van der Waals surface area contributed by atoms with Gasteiger partial charge in [-0.15, -0.1) is 0 Å². The molecule has 4 rings (SSSR count). The molecule has 3 aromatic rings. The number of rotatable bonds is 0. The van der Waals surface area contributed by atoms with E-state index in [4.69, 9.17) is 0 Å². The first-order chi connectivity index (χ1) is 11.6. The summed E-state index contributed by atoms with van der Waals surface area (Å²) in [7, 11) is 0. The van der Waals surface area contributed by atoms with Gasteiger partial charge >= 0.3 is 0 Å². The second kappa shape index (κ2) is 7.66. The molecule has 126 valence electrons. The van der Waals surface area contributed by atoms with Crippen LogP contribution in [-0.4, -0.2) is 0 Å². The van der Waals surface area contributed by atoms with Gasteiger partial charge in [0, 0.05) is 0 Å². The minimum atomic E-state index is 1.08. The minimum Gasteiger partial charge on any atom is -0.0683 e. The van der Waals surface area contributed by atoms with Gasteiger partial charge < -0.3 is 0 Å². The SMILES string of the molecule is CC.CC.Cc1ccc2c(c1)-c1c(c(C)cc3ccc(C)cc13)C2. The molecule has 0 nitrogen and oxygen atoms in total. The zero-order valence-corrected chi connectivity index (χ0v) is 16.2. The lowest BCUT2D eigenvalue weighted by molar-refractivity contribution is 1.22. The van der Waals surface area contributed by atoms with Gasteiger partial charge in [-0.3, -0.25) is 0 Å². The minimum absolute atomic E-state index is 1.08. The molecule has 0 unspecified atom stereocenters. The molecule has 1 aliphatic rings. The standard InChI is InChI=1S/C20H18.2C2H6/c1-12-4-6-15-10-14(3)17-11-16-7-5-13(2)9-19(16)20(17)18(15)8-12;2*1-2/h4-10H,11H2,1-3H3;2*1-2H3. The van der Waals surface area contributed by atoms with Gasteiger partial charge in [0.05, 0.1) is 0 Å². The number of aryl methyl sites for hydroxylation is 3. The van der Waals surface area contributed by atoms with Crippen LogP contribution in [0.1, 0.15) is 55.5 Å². The molecule has 0 aromatic heterocycles. The van der Waals surface area contributed by atoms with Crippen molar-refractivity contribution in [1.29, 1.82) is 0 Å². The molecule has 1 aliphatic carbocycles. The summed E-state index contributed by atoms with van der Waals surface area (Å²) in [5.41, 5.74) is 10.0. The number of fused-ring (bicyclic) bond motifs is 5. The Morgan fingerprint density at radius 3 is 2.04 bits per heavy atom. The monoisotopic (exact) mass is 318 g/mol. The van der Waals surface area contributed by atoms with E-state index in [9.17, 15) is 0 Å². The second-order valence-corrected chi connectivity index (χ2v) is 6.11. The first-order valence-electron chi connectivity index (χ1n) is 9.26. The normalized spacial score (nSPS) is 11.0. The molecule has 0 atom stereocenters. The number of benzene rings is 3. The van der Waals surface area contributed by atoms with Crippen LogP contribution in [0.15, 0.2) is 42.5 Å². The molecule has 0 heterocycles. The zero-order valence-electron chi connectivity index (χ0n) is 16.2. The molecule has 24 heavy (non-hydrogen) atoms. The Bertz CT molecular complexity index is 854. The molecule has 0 saturated carbocycles. The molecule has 0 amide bonds. The van der Waals surface area contributed by atoms with Crippen molar-refractivity contribution in [1.82, 2.24) is 0 Å². The summed E-state index contributed by atoms with van der Waals surface area (Å²) in [5.74, 6) is 0. The molecule has 0 radical (unpaired) electrons. The fraction of sp³-hybridized carbons (Fsp3) is 0.333. The third-order valence-corrected chi connectivity index (χ3v) is 4.53. The smallest absolute Gasteiger partial charge is 0.00106 e. The first kappa shape index (κ1) is 18.3. The predicted octanol–water partition coefficient (Wildman–Crippen LogP) is 7.39. The Balaban J connectivity index is 0.000000487. The molecule has 0 fully saturated rings. The molecular formula is C24H30. The van der Waals surface area contributed by atoms with Crippen LogP contribution in [0.2, 0.25) is 0 Å². The Kier molecular flexibility index (Phi) is 5.83. The maximum absolute atomic E-state index is 2.35. The third-order valence-electron chi connectivity index (χ3n) is 4.53. The van der Waals surface area contributed by atoms with Crippen molar-refractivity contribution in [2.24, 2.45) is 0 Å². The van der Waals surface area contributed by atoms with Crippen LogP contribution in [0, 0.1) is 20.8 Å². The molecule has 0 aliphatic heterocycles. The largest absolute Gasteiger partial charge is 0.0683 e. The summed E-state index contributed by atoms with van der Waals surface area (Å²) in [6.45, 7) is 14.6. The van der Waals surface area contributed by atoms with Crippen LogP contribution in [0.25, 0.3) is 21.9 Å². The second-order valence-electron chi connectivity index (χ2n) is 6.11. The molecule has 0 N–H and O–H groups in total. The Labute approximate surface area is 147 Å². The third kappa shape index (κ3) is 3.11. The van der Waals surface area contributed by atoms with E-state index in [-0.39, 0.29) is 0 Å². The van der Waals surface area contributed by atoms with Crippen LogP contribution in [0.3, 0.4) is 0 Å². The van der Waals surface area contributed by atoms with Gasteiger partial charge in [-0.2, -0.15) is 0 Å². The summed E-state index contributed by atoms with van der Waals surface area (Å²) in [5, 5.41) is 2.77. The Hall–Kier alpha value is -2.08. The van der Waals surface area contributed by atoms with E-state index in [0.717, 1.165) is 6.42 Å². The lowest BCUT2D eigenvalue weighted by Gasteiger charge is -2.11. The van der Waals surface area contributed by atoms with Gasteiger partial charge in [0.25, 0.3) is 0 Å². The highest BCUT2D eigenvalue weighted by Crippen LogP contribution is 2.43. The number of hydrogen-bond acceptors (Lipinski definition) is 0. The van der Waals surface area contributed by atoms with E-state index in [1.54, 1.807) is 0 Å². The van der Waals surface area contributed by atoms with Crippen molar-refractivity contribution in [3.05, 3.63) is 70.3 Å². The van der Waals surface area contributed by atoms with Crippen molar-refractivity contribution in [2.75, 3.05) is 0 Å². The van der Waals surface area contributed by atoms with E-state index < -0.39 is 0 Å². The van der Waals surface area contributed by atoms with Gasteiger partial charge in [0.15, 0.2) is 0 Å². The molecule has 3 aromatic carbocycles. The Morgan fingerprint density at radius 1 is 0.708 bits per heavy atom. The Morgan fingerprint density at radius 2 is 1.33 bits per heavy atom. The van der Waals surface area contributed by atoms with E-state index in [1.165, 1.54) is 49.7 Å². The van der Waals surface area contributed by atoms with E-state index >= 15 is 0 Å². The van der Waals surface area contributed by atoms with E-state index in [0.29, 0.717) is 0 Å². The number of hydrogen-bond donors (Lipinski definition) is 0. The molecule has 0 heteroatoms. The summed E-state index contributed by atoms with van der Waals surface area (Å²) in [4.78, 5) is 0. The average Bonchev–Trinajstić information content (AvgIpc) is 2.99. The highest BCUT2D eigenvalue weighted by molar-refractivity contribution is 6.02. The maximum Gasteiger partial charge on any atom is -0.00106 e. The highest BCUT2D eigenvalue weighted by atomic mass is 14.3. The van der Waals surface area contributed by atoms with Crippen LogP contribution in [0.4, 0.5) is 0 Å². The summed E-state index contributed by atoms with van der Waals surface area (Å²) in [6.07, 6.45) is 1.08. The first-order valence-corrected chi connectivity index (χ1v) is 9.26. The van der Waals surface area contributed by atoms with Crippen molar-refractivity contribution in [2.45, 2.75) is 54.9 Å². The van der Waals surface area contributed by atoms with Crippen molar-refractivity contribution in [3.8, 4) is 11.1 Å². The zero-order chi connectivity index (χ0) is 17.9. The van der Waals surface area contributed by atoms with Gasteiger partial charge in [0.2, 0.25) is 0 Å². The lowest BCUT2D eigenvalue weighted by atomic mass is 9.93. The van der Waals surface area contributed by atoms with Gasteiger partial charge in [-0.05, 0) is 65.8 Å². The summed E-state index contributed by atoms with van der Waals surface area (Å²) in [6, 6.07) is 16.0. The van der Waals surface area contributed by atoms with Gasteiger partial charge in [0.1, 0.15) is 0 Å². The van der Waals surface area contributed by atoms with Crippen molar-refractivity contribution < 1.29 is 0 Å². The van der Waals surface area contributed by atoms with Gasteiger partial charge in [-0.25, -0.2) is 0 Å². The van der Waals surface area contributed by atoms with Crippen molar-refractivity contribution in [3.63, 3.8) is 0 Å². The van der Waals surface area contributed by atoms with Crippen LogP contribution in [-0.2, 0) is 6.42 Å². The van der Waals surface area contributed by atoms with E-state index in [1.807, 2.05) is 27.7 Å². The molecular weight excluding hydrogens is 288 g/mol. The summed E-state index contributed by atoms with van der Waals surface area (Å²) < 4.78 is 0.